The SMILES string of the molecule is CCc1c(C)noc1NC(=O)c1c(C)noc1C. The molecule has 6 heteroatoms. The fourth-order valence-electron chi connectivity index (χ4n) is 1.88. The zero-order valence-corrected chi connectivity index (χ0v) is 10.8. The molecule has 96 valence electrons. The van der Waals surface area contributed by atoms with Crippen LogP contribution in [-0.4, -0.2) is 16.2 Å². The van der Waals surface area contributed by atoms with E-state index < -0.39 is 0 Å². The Balaban J connectivity index is 2.27. The number of hydrogen-bond acceptors (Lipinski definition) is 5. The lowest BCUT2D eigenvalue weighted by Gasteiger charge is -2.02. The van der Waals surface area contributed by atoms with Gasteiger partial charge in [0.25, 0.3) is 5.91 Å². The first kappa shape index (κ1) is 12.3. The normalized spacial score (nSPS) is 10.7. The quantitative estimate of drug-likeness (QED) is 0.903. The number of nitrogens with one attached hydrogen (secondary N) is 1. The van der Waals surface area contributed by atoms with Gasteiger partial charge in [-0.2, -0.15) is 0 Å². The number of hydrogen-bond donors (Lipinski definition) is 1. The summed E-state index contributed by atoms with van der Waals surface area (Å²) >= 11 is 0. The molecule has 6 nitrogen and oxygen atoms in total. The van der Waals surface area contributed by atoms with Crippen molar-refractivity contribution in [1.29, 1.82) is 0 Å². The Bertz CT molecular complexity index is 564. The van der Waals surface area contributed by atoms with Crippen molar-refractivity contribution in [2.75, 3.05) is 5.32 Å². The van der Waals surface area contributed by atoms with Crippen LogP contribution in [0.3, 0.4) is 0 Å². The Morgan fingerprint density at radius 2 is 1.83 bits per heavy atom. The van der Waals surface area contributed by atoms with Gasteiger partial charge >= 0.3 is 0 Å². The number of aromatic nitrogens is 2. The third-order valence-corrected chi connectivity index (χ3v) is 2.83. The molecule has 0 aliphatic rings. The lowest BCUT2D eigenvalue weighted by molar-refractivity contribution is 0.102. The molecule has 0 aromatic carbocycles. The Kier molecular flexibility index (Phi) is 3.18. The van der Waals surface area contributed by atoms with Crippen molar-refractivity contribution >= 4 is 11.8 Å². The lowest BCUT2D eigenvalue weighted by atomic mass is 10.1. The van der Waals surface area contributed by atoms with E-state index in [1.165, 1.54) is 0 Å². The molecule has 0 spiro atoms. The van der Waals surface area contributed by atoms with Gasteiger partial charge in [0.2, 0.25) is 5.88 Å². The molecule has 0 atom stereocenters. The molecule has 0 saturated heterocycles. The summed E-state index contributed by atoms with van der Waals surface area (Å²) in [5, 5.41) is 10.3. The van der Waals surface area contributed by atoms with Crippen molar-refractivity contribution < 1.29 is 13.8 Å². The van der Waals surface area contributed by atoms with Crippen LogP contribution in [0.25, 0.3) is 0 Å². The Labute approximate surface area is 104 Å². The van der Waals surface area contributed by atoms with Crippen molar-refractivity contribution in [3.63, 3.8) is 0 Å². The fourth-order valence-corrected chi connectivity index (χ4v) is 1.88. The smallest absolute Gasteiger partial charge is 0.263 e. The second-order valence-corrected chi connectivity index (χ2v) is 4.08. The number of aryl methyl sites for hydroxylation is 3. The Morgan fingerprint density at radius 3 is 2.39 bits per heavy atom. The average molecular weight is 249 g/mol. The van der Waals surface area contributed by atoms with Crippen LogP contribution in [0.5, 0.6) is 0 Å². The standard InChI is InChI=1S/C12H15N3O3/c1-5-9-6(2)14-18-12(9)13-11(16)10-7(3)15-17-8(10)4/h5H2,1-4H3,(H,13,16). The second-order valence-electron chi connectivity index (χ2n) is 4.08. The van der Waals surface area contributed by atoms with E-state index in [0.717, 1.165) is 17.7 Å². The summed E-state index contributed by atoms with van der Waals surface area (Å²) in [7, 11) is 0. The van der Waals surface area contributed by atoms with Crippen molar-refractivity contribution in [1.82, 2.24) is 10.3 Å². The first-order chi connectivity index (χ1) is 8.54. The zero-order chi connectivity index (χ0) is 13.3. The predicted molar refractivity (Wildman–Crippen MR) is 64.5 cm³/mol. The van der Waals surface area contributed by atoms with Crippen molar-refractivity contribution in [2.24, 2.45) is 0 Å². The minimum Gasteiger partial charge on any atom is -0.361 e. The Morgan fingerprint density at radius 1 is 1.17 bits per heavy atom. The summed E-state index contributed by atoms with van der Waals surface area (Å²) in [5.74, 6) is 0.580. The van der Waals surface area contributed by atoms with Crippen LogP contribution in [0.4, 0.5) is 5.88 Å². The summed E-state index contributed by atoms with van der Waals surface area (Å²) in [6.07, 6.45) is 0.743. The molecule has 0 aliphatic heterocycles. The van der Waals surface area contributed by atoms with Crippen LogP contribution in [0.1, 0.15) is 40.0 Å². The van der Waals surface area contributed by atoms with E-state index in [-0.39, 0.29) is 5.91 Å². The summed E-state index contributed by atoms with van der Waals surface area (Å²) in [6.45, 7) is 7.23. The number of amides is 1. The van der Waals surface area contributed by atoms with Gasteiger partial charge < -0.3 is 9.05 Å². The van der Waals surface area contributed by atoms with Crippen molar-refractivity contribution in [3.05, 3.63) is 28.3 Å². The molecule has 0 radical (unpaired) electrons. The highest BCUT2D eigenvalue weighted by Crippen LogP contribution is 2.21. The van der Waals surface area contributed by atoms with E-state index in [4.69, 9.17) is 9.05 Å². The maximum absolute atomic E-state index is 12.1. The number of carbonyl (C=O) groups is 1. The molecule has 0 aliphatic carbocycles. The first-order valence-corrected chi connectivity index (χ1v) is 5.74. The van der Waals surface area contributed by atoms with Gasteiger partial charge in [0.1, 0.15) is 11.3 Å². The number of nitrogens with zero attached hydrogens (tertiary/aromatic N) is 2. The van der Waals surface area contributed by atoms with Crippen LogP contribution in [0.2, 0.25) is 0 Å². The third-order valence-electron chi connectivity index (χ3n) is 2.83. The summed E-state index contributed by atoms with van der Waals surface area (Å²) in [6, 6.07) is 0. The van der Waals surface area contributed by atoms with Crippen LogP contribution in [-0.2, 0) is 6.42 Å². The summed E-state index contributed by atoms with van der Waals surface area (Å²) in [5.41, 5.74) is 2.67. The fraction of sp³-hybridized carbons (Fsp3) is 0.417. The minimum atomic E-state index is -0.294. The van der Waals surface area contributed by atoms with E-state index in [1.54, 1.807) is 13.8 Å². The molecule has 0 saturated carbocycles. The van der Waals surface area contributed by atoms with E-state index in [9.17, 15) is 4.79 Å². The van der Waals surface area contributed by atoms with E-state index in [1.807, 2.05) is 13.8 Å². The van der Waals surface area contributed by atoms with Crippen LogP contribution in [0.15, 0.2) is 9.05 Å². The van der Waals surface area contributed by atoms with Gasteiger partial charge in [-0.1, -0.05) is 17.2 Å². The molecular formula is C12H15N3O3. The van der Waals surface area contributed by atoms with Crippen molar-refractivity contribution in [3.8, 4) is 0 Å². The molecule has 2 rings (SSSR count). The van der Waals surface area contributed by atoms with Gasteiger partial charge in [0.15, 0.2) is 0 Å². The van der Waals surface area contributed by atoms with Gasteiger partial charge in [-0.15, -0.1) is 0 Å². The molecule has 1 amide bonds. The zero-order valence-electron chi connectivity index (χ0n) is 10.8. The molecule has 0 bridgehead atoms. The number of anilines is 1. The van der Waals surface area contributed by atoms with Crippen LogP contribution >= 0.6 is 0 Å². The van der Waals surface area contributed by atoms with Gasteiger partial charge in [-0.3, -0.25) is 10.1 Å². The van der Waals surface area contributed by atoms with Gasteiger partial charge in [0, 0.05) is 5.56 Å². The van der Waals surface area contributed by atoms with Crippen LogP contribution in [0, 0.1) is 20.8 Å². The molecule has 2 heterocycles. The molecule has 18 heavy (non-hydrogen) atoms. The highest BCUT2D eigenvalue weighted by Gasteiger charge is 2.20. The lowest BCUT2D eigenvalue weighted by Crippen LogP contribution is -2.14. The summed E-state index contributed by atoms with van der Waals surface area (Å²) < 4.78 is 10.1. The molecule has 2 aromatic rings. The average Bonchev–Trinajstić information content (AvgIpc) is 2.83. The molecule has 1 N–H and O–H groups in total. The second kappa shape index (κ2) is 4.64. The maximum Gasteiger partial charge on any atom is 0.263 e. The first-order valence-electron chi connectivity index (χ1n) is 5.74. The van der Waals surface area contributed by atoms with E-state index >= 15 is 0 Å². The summed E-state index contributed by atoms with van der Waals surface area (Å²) in [4.78, 5) is 12.1. The van der Waals surface area contributed by atoms with E-state index in [2.05, 4.69) is 15.6 Å². The van der Waals surface area contributed by atoms with E-state index in [0.29, 0.717) is 22.9 Å². The maximum atomic E-state index is 12.1. The minimum absolute atomic E-state index is 0.294. The van der Waals surface area contributed by atoms with Gasteiger partial charge in [-0.25, -0.2) is 0 Å². The molecular weight excluding hydrogens is 234 g/mol. The van der Waals surface area contributed by atoms with Gasteiger partial charge in [0.05, 0.1) is 11.4 Å². The van der Waals surface area contributed by atoms with Crippen molar-refractivity contribution in [2.45, 2.75) is 34.1 Å². The topological polar surface area (TPSA) is 81.2 Å². The Hall–Kier alpha value is -2.11. The molecule has 0 unspecified atom stereocenters. The van der Waals surface area contributed by atoms with Gasteiger partial charge in [-0.05, 0) is 27.2 Å². The monoisotopic (exact) mass is 249 g/mol. The molecule has 0 fully saturated rings. The number of carbonyl (C=O) groups excluding carboxylic acids is 1. The largest absolute Gasteiger partial charge is 0.361 e. The van der Waals surface area contributed by atoms with Crippen LogP contribution < -0.4 is 5.32 Å². The third kappa shape index (κ3) is 2.01. The highest BCUT2D eigenvalue weighted by molar-refractivity contribution is 6.05. The number of rotatable bonds is 3. The molecule has 2 aromatic heterocycles. The highest BCUT2D eigenvalue weighted by atomic mass is 16.5. The predicted octanol–water partition coefficient (Wildman–Crippen LogP) is 2.40.